The third kappa shape index (κ3) is 4.56. The number of nitrogens with one attached hydrogen (secondary N) is 1. The Morgan fingerprint density at radius 1 is 1.31 bits per heavy atom. The van der Waals surface area contributed by atoms with Gasteiger partial charge in [-0.25, -0.2) is 0 Å². The highest BCUT2D eigenvalue weighted by Gasteiger charge is 2.28. The van der Waals surface area contributed by atoms with Gasteiger partial charge >= 0.3 is 5.97 Å². The summed E-state index contributed by atoms with van der Waals surface area (Å²) >= 11 is 4.97. The van der Waals surface area contributed by atoms with Crippen molar-refractivity contribution in [2.45, 2.75) is 18.3 Å². The molecule has 10 heteroatoms. The number of nitrogens with zero attached hydrogens (tertiary/aromatic N) is 3. The average Bonchev–Trinajstić information content (AvgIpc) is 2.93. The summed E-state index contributed by atoms with van der Waals surface area (Å²) in [5.74, 6) is 1.26. The molecule has 8 nitrogen and oxygen atoms in total. The molecule has 0 radical (unpaired) electrons. The van der Waals surface area contributed by atoms with Crippen LogP contribution in [0.15, 0.2) is 58.7 Å². The van der Waals surface area contributed by atoms with Crippen LogP contribution in [0.2, 0.25) is 0 Å². The van der Waals surface area contributed by atoms with Gasteiger partial charge < -0.3 is 19.5 Å². The van der Waals surface area contributed by atoms with Gasteiger partial charge in [0.05, 0.1) is 7.11 Å². The van der Waals surface area contributed by atoms with E-state index in [2.05, 4.69) is 43.0 Å². The van der Waals surface area contributed by atoms with Crippen molar-refractivity contribution in [3.05, 3.63) is 59.1 Å². The number of halogens is 1. The van der Waals surface area contributed by atoms with Gasteiger partial charge in [0.15, 0.2) is 23.4 Å². The van der Waals surface area contributed by atoms with Gasteiger partial charge in [-0.05, 0) is 18.2 Å². The first-order valence-electron chi connectivity index (χ1n) is 9.57. The normalized spacial score (nSPS) is 14.2. The van der Waals surface area contributed by atoms with E-state index >= 15 is 0 Å². The number of aromatic nitrogens is 3. The summed E-state index contributed by atoms with van der Waals surface area (Å²) in [5.41, 5.74) is 2.90. The van der Waals surface area contributed by atoms with E-state index in [-0.39, 0.29) is 0 Å². The molecule has 32 heavy (non-hydrogen) atoms. The van der Waals surface area contributed by atoms with E-state index in [1.807, 2.05) is 24.3 Å². The first-order chi connectivity index (χ1) is 15.5. The summed E-state index contributed by atoms with van der Waals surface area (Å²) < 4.78 is 17.6. The van der Waals surface area contributed by atoms with E-state index in [9.17, 15) is 4.79 Å². The predicted octanol–water partition coefficient (Wildman–Crippen LogP) is 5.02. The number of methoxy groups -OCH3 is 1. The van der Waals surface area contributed by atoms with E-state index in [1.165, 1.54) is 25.8 Å². The minimum absolute atomic E-state index is 0.303. The summed E-state index contributed by atoms with van der Waals surface area (Å²) in [7, 11) is 1.51. The Balaban J connectivity index is 1.80. The van der Waals surface area contributed by atoms with Gasteiger partial charge in [-0.1, -0.05) is 52.0 Å². The maximum absolute atomic E-state index is 11.4. The third-order valence-electron chi connectivity index (χ3n) is 4.48. The van der Waals surface area contributed by atoms with Gasteiger partial charge in [-0.2, -0.15) is 4.98 Å². The van der Waals surface area contributed by atoms with Crippen molar-refractivity contribution in [3.8, 4) is 28.6 Å². The van der Waals surface area contributed by atoms with Gasteiger partial charge in [-0.3, -0.25) is 4.79 Å². The topological polar surface area (TPSA) is 95.5 Å². The van der Waals surface area contributed by atoms with Crippen molar-refractivity contribution in [2.75, 3.05) is 18.2 Å². The van der Waals surface area contributed by atoms with Crippen LogP contribution in [-0.2, 0) is 4.79 Å². The second-order valence-electron chi connectivity index (χ2n) is 6.65. The maximum atomic E-state index is 11.4. The fraction of sp³-hybridized carbons (Fsp3) is 0.182. The largest absolute Gasteiger partial charge is 0.493 e. The van der Waals surface area contributed by atoms with Crippen LogP contribution in [0.25, 0.3) is 11.3 Å². The number of hydrogen-bond acceptors (Lipinski definition) is 9. The van der Waals surface area contributed by atoms with Crippen LogP contribution in [0.5, 0.6) is 17.4 Å². The SMILES string of the molecule is C=CCSc1nnc2c(n1)O[C@@H](c1cc(OC)c(OC(C)=O)cc1Br)Nc1ccccc1-2. The summed E-state index contributed by atoms with van der Waals surface area (Å²) in [6.07, 6.45) is 1.13. The number of esters is 1. The minimum atomic E-state index is -0.638. The molecule has 1 atom stereocenters. The van der Waals surface area contributed by atoms with E-state index in [0.717, 1.165) is 16.8 Å². The molecular weight excluding hydrogens is 496 g/mol. The highest BCUT2D eigenvalue weighted by molar-refractivity contribution is 9.10. The number of ether oxygens (including phenoxy) is 3. The molecule has 164 valence electrons. The molecule has 4 rings (SSSR count). The lowest BCUT2D eigenvalue weighted by molar-refractivity contribution is -0.132. The van der Waals surface area contributed by atoms with Crippen molar-refractivity contribution in [1.29, 1.82) is 0 Å². The molecule has 1 N–H and O–H groups in total. The molecule has 0 aliphatic carbocycles. The number of carbonyl (C=O) groups excluding carboxylic acids is 1. The first-order valence-corrected chi connectivity index (χ1v) is 11.3. The van der Waals surface area contributed by atoms with Gasteiger partial charge in [0, 0.05) is 34.0 Å². The zero-order chi connectivity index (χ0) is 22.7. The Bertz CT molecular complexity index is 1190. The summed E-state index contributed by atoms with van der Waals surface area (Å²) in [6, 6.07) is 11.1. The van der Waals surface area contributed by atoms with Crippen LogP contribution in [0.3, 0.4) is 0 Å². The third-order valence-corrected chi connectivity index (χ3v) is 6.00. The van der Waals surface area contributed by atoms with E-state index in [0.29, 0.717) is 38.5 Å². The highest BCUT2D eigenvalue weighted by Crippen LogP contribution is 2.43. The second-order valence-corrected chi connectivity index (χ2v) is 8.50. The number of carbonyl (C=O) groups is 1. The van der Waals surface area contributed by atoms with Crippen molar-refractivity contribution < 1.29 is 19.0 Å². The number of rotatable bonds is 6. The molecule has 1 aliphatic rings. The molecule has 0 saturated carbocycles. The average molecular weight is 515 g/mol. The number of benzene rings is 2. The van der Waals surface area contributed by atoms with Crippen molar-refractivity contribution in [3.63, 3.8) is 0 Å². The van der Waals surface area contributed by atoms with Crippen molar-refractivity contribution in [1.82, 2.24) is 15.2 Å². The molecule has 3 aromatic rings. The fourth-order valence-corrected chi connectivity index (χ4v) is 4.17. The van der Waals surface area contributed by atoms with E-state index in [1.54, 1.807) is 18.2 Å². The Hall–Kier alpha value is -3.11. The quantitative estimate of drug-likeness (QED) is 0.210. The number of anilines is 1. The number of thioether (sulfide) groups is 1. The van der Waals surface area contributed by atoms with Crippen LogP contribution in [-0.4, -0.2) is 34.0 Å². The standard InChI is InChI=1S/C22H19BrN4O4S/c1-4-9-32-22-25-21-19(26-27-22)13-7-5-6-8-16(13)24-20(31-21)14-10-17(29-3)18(11-15(14)23)30-12(2)28/h4-8,10-11,20,24H,1,9H2,2-3H3/t20-/m0/s1. The molecule has 0 spiro atoms. The van der Waals surface area contributed by atoms with E-state index in [4.69, 9.17) is 14.2 Å². The Kier molecular flexibility index (Phi) is 6.61. The predicted molar refractivity (Wildman–Crippen MR) is 125 cm³/mol. The molecule has 2 aromatic carbocycles. The van der Waals surface area contributed by atoms with Gasteiger partial charge in [-0.15, -0.1) is 16.8 Å². The molecular formula is C22H19BrN4O4S. The minimum Gasteiger partial charge on any atom is -0.493 e. The zero-order valence-electron chi connectivity index (χ0n) is 17.3. The molecule has 0 fully saturated rings. The Labute approximate surface area is 197 Å². The first kappa shape index (κ1) is 22.1. The van der Waals surface area contributed by atoms with Crippen LogP contribution >= 0.6 is 27.7 Å². The summed E-state index contributed by atoms with van der Waals surface area (Å²) in [5, 5.41) is 12.5. The van der Waals surface area contributed by atoms with Crippen molar-refractivity contribution >= 4 is 39.3 Å². The second kappa shape index (κ2) is 9.58. The Morgan fingerprint density at radius 3 is 2.88 bits per heavy atom. The maximum Gasteiger partial charge on any atom is 0.308 e. The van der Waals surface area contributed by atoms with Crippen LogP contribution in [0.1, 0.15) is 18.7 Å². The fourth-order valence-electron chi connectivity index (χ4n) is 3.13. The molecule has 0 saturated heterocycles. The lowest BCUT2D eigenvalue weighted by Crippen LogP contribution is -2.18. The smallest absolute Gasteiger partial charge is 0.308 e. The summed E-state index contributed by atoms with van der Waals surface area (Å²) in [4.78, 5) is 16.0. The van der Waals surface area contributed by atoms with Gasteiger partial charge in [0.2, 0.25) is 11.0 Å². The lowest BCUT2D eigenvalue weighted by Gasteiger charge is -2.22. The lowest BCUT2D eigenvalue weighted by atomic mass is 10.1. The molecule has 2 heterocycles. The van der Waals surface area contributed by atoms with Gasteiger partial charge in [0.25, 0.3) is 0 Å². The van der Waals surface area contributed by atoms with Gasteiger partial charge in [0.1, 0.15) is 0 Å². The number of fused-ring (bicyclic) bond motifs is 3. The number of para-hydroxylation sites is 1. The molecule has 1 aromatic heterocycles. The van der Waals surface area contributed by atoms with Crippen LogP contribution < -0.4 is 19.5 Å². The van der Waals surface area contributed by atoms with E-state index < -0.39 is 12.2 Å². The highest BCUT2D eigenvalue weighted by atomic mass is 79.9. The zero-order valence-corrected chi connectivity index (χ0v) is 19.7. The monoisotopic (exact) mass is 514 g/mol. The molecule has 1 aliphatic heterocycles. The summed E-state index contributed by atoms with van der Waals surface area (Å²) in [6.45, 7) is 5.06. The molecule has 0 unspecified atom stereocenters. The molecule has 0 amide bonds. The van der Waals surface area contributed by atoms with Crippen LogP contribution in [0, 0.1) is 0 Å². The molecule has 0 bridgehead atoms. The Morgan fingerprint density at radius 2 is 2.12 bits per heavy atom. The van der Waals surface area contributed by atoms with Crippen LogP contribution in [0.4, 0.5) is 5.69 Å². The van der Waals surface area contributed by atoms with Crippen molar-refractivity contribution in [2.24, 2.45) is 0 Å². The number of hydrogen-bond donors (Lipinski definition) is 1.